The van der Waals surface area contributed by atoms with Gasteiger partial charge >= 0.3 is 0 Å². The highest BCUT2D eigenvalue weighted by atomic mass is 19.1. The topological polar surface area (TPSA) is 87.3 Å². The van der Waals surface area contributed by atoms with E-state index in [4.69, 9.17) is 5.84 Å². The van der Waals surface area contributed by atoms with Crippen LogP contribution < -0.4 is 16.2 Å². The third-order valence-electron chi connectivity index (χ3n) is 3.62. The Morgan fingerprint density at radius 1 is 1.55 bits per heavy atom. The number of nitrogens with zero attached hydrogens (tertiary/aromatic N) is 3. The second-order valence-corrected chi connectivity index (χ2v) is 5.29. The van der Waals surface area contributed by atoms with E-state index in [1.54, 1.807) is 6.92 Å². The minimum atomic E-state index is -0.457. The Kier molecular flexibility index (Phi) is 5.08. The zero-order chi connectivity index (χ0) is 14.5. The van der Waals surface area contributed by atoms with Crippen LogP contribution in [-0.2, 0) is 0 Å². The lowest BCUT2D eigenvalue weighted by Gasteiger charge is -2.32. The lowest BCUT2D eigenvalue weighted by Crippen LogP contribution is -2.38. The molecule has 20 heavy (non-hydrogen) atoms. The summed E-state index contributed by atoms with van der Waals surface area (Å²) in [7, 11) is 0. The zero-order valence-electron chi connectivity index (χ0n) is 11.7. The van der Waals surface area contributed by atoms with Crippen LogP contribution >= 0.6 is 0 Å². The number of halogens is 1. The third-order valence-corrected chi connectivity index (χ3v) is 3.62. The normalized spacial score (nSPS) is 21.4. The van der Waals surface area contributed by atoms with E-state index in [9.17, 15) is 9.50 Å². The number of nitrogen functional groups attached to an aromatic ring is 1. The monoisotopic (exact) mass is 283 g/mol. The molecule has 1 aromatic heterocycles. The van der Waals surface area contributed by atoms with Gasteiger partial charge in [-0.1, -0.05) is 12.8 Å². The highest BCUT2D eigenvalue weighted by Gasteiger charge is 2.26. The van der Waals surface area contributed by atoms with Gasteiger partial charge in [-0.25, -0.2) is 15.2 Å². The summed E-state index contributed by atoms with van der Waals surface area (Å²) in [6, 6.07) is 0.0903. The number of rotatable bonds is 4. The van der Waals surface area contributed by atoms with Crippen molar-refractivity contribution in [3.05, 3.63) is 12.0 Å². The van der Waals surface area contributed by atoms with Crippen LogP contribution in [0.25, 0.3) is 0 Å². The smallest absolute Gasteiger partial charge is 0.239 e. The average Bonchev–Trinajstić information content (AvgIpc) is 2.64. The van der Waals surface area contributed by atoms with Crippen molar-refractivity contribution < 1.29 is 9.50 Å². The van der Waals surface area contributed by atoms with Gasteiger partial charge in [-0.3, -0.25) is 5.43 Å². The van der Waals surface area contributed by atoms with Gasteiger partial charge in [-0.05, 0) is 26.2 Å². The van der Waals surface area contributed by atoms with Crippen LogP contribution in [0.3, 0.4) is 0 Å². The number of aliphatic hydroxyl groups excluding tert-OH is 1. The van der Waals surface area contributed by atoms with Crippen LogP contribution in [0.5, 0.6) is 0 Å². The first-order valence-electron chi connectivity index (χ1n) is 7.05. The van der Waals surface area contributed by atoms with Gasteiger partial charge in [0, 0.05) is 12.6 Å². The first-order valence-corrected chi connectivity index (χ1v) is 7.05. The fourth-order valence-electron chi connectivity index (χ4n) is 2.72. The summed E-state index contributed by atoms with van der Waals surface area (Å²) >= 11 is 0. The number of nitrogens with two attached hydrogens (primary N) is 1. The molecule has 1 saturated heterocycles. The molecule has 0 amide bonds. The van der Waals surface area contributed by atoms with E-state index in [2.05, 4.69) is 15.4 Å². The molecule has 2 heterocycles. The van der Waals surface area contributed by atoms with Gasteiger partial charge in [0.1, 0.15) is 0 Å². The van der Waals surface area contributed by atoms with Crippen LogP contribution in [0.4, 0.5) is 16.2 Å². The molecule has 4 N–H and O–H groups in total. The Hall–Kier alpha value is -1.47. The van der Waals surface area contributed by atoms with Crippen molar-refractivity contribution in [3.63, 3.8) is 0 Å². The molecule has 112 valence electrons. The summed E-state index contributed by atoms with van der Waals surface area (Å²) in [5, 5.41) is 9.65. The SMILES string of the molecule is CC(O)CC1CCCCCN1c1nc(NN)ncc1F. The zero-order valence-corrected chi connectivity index (χ0v) is 11.7. The summed E-state index contributed by atoms with van der Waals surface area (Å²) in [4.78, 5) is 9.84. The molecule has 6 nitrogen and oxygen atoms in total. The van der Waals surface area contributed by atoms with E-state index in [1.165, 1.54) is 0 Å². The molecule has 0 spiro atoms. The van der Waals surface area contributed by atoms with Crippen molar-refractivity contribution in [2.45, 2.75) is 51.2 Å². The molecular formula is C13H22FN5O. The molecule has 1 aliphatic heterocycles. The van der Waals surface area contributed by atoms with Crippen LogP contribution in [0.2, 0.25) is 0 Å². The quantitative estimate of drug-likeness (QED) is 0.572. The fraction of sp³-hybridized carbons (Fsp3) is 0.692. The van der Waals surface area contributed by atoms with E-state index in [-0.39, 0.29) is 17.8 Å². The van der Waals surface area contributed by atoms with Crippen molar-refractivity contribution in [3.8, 4) is 0 Å². The van der Waals surface area contributed by atoms with Gasteiger partial charge in [-0.2, -0.15) is 4.98 Å². The van der Waals surface area contributed by atoms with Crippen molar-refractivity contribution >= 4 is 11.8 Å². The molecule has 0 aromatic carbocycles. The van der Waals surface area contributed by atoms with Crippen molar-refractivity contribution in [1.29, 1.82) is 0 Å². The number of anilines is 2. The standard InChI is InChI=1S/C13H22FN5O/c1-9(20)7-10-5-3-2-4-6-19(10)12-11(14)8-16-13(17-12)18-15/h8-10,20H,2-7,15H2,1H3,(H,16,17,18). The highest BCUT2D eigenvalue weighted by Crippen LogP contribution is 2.27. The molecule has 0 aliphatic carbocycles. The second-order valence-electron chi connectivity index (χ2n) is 5.29. The van der Waals surface area contributed by atoms with E-state index >= 15 is 0 Å². The number of hydrogen-bond acceptors (Lipinski definition) is 6. The number of nitrogens with one attached hydrogen (secondary N) is 1. The van der Waals surface area contributed by atoms with E-state index < -0.39 is 11.9 Å². The summed E-state index contributed by atoms with van der Waals surface area (Å²) in [6.07, 6.45) is 5.43. The lowest BCUT2D eigenvalue weighted by molar-refractivity contribution is 0.171. The van der Waals surface area contributed by atoms with Crippen LogP contribution in [-0.4, -0.2) is 33.8 Å². The summed E-state index contributed by atoms with van der Waals surface area (Å²) in [5.41, 5.74) is 2.34. The molecule has 1 aliphatic rings. The minimum absolute atomic E-state index is 0.0903. The average molecular weight is 283 g/mol. The molecule has 0 saturated carbocycles. The maximum Gasteiger partial charge on any atom is 0.239 e. The Morgan fingerprint density at radius 3 is 3.05 bits per heavy atom. The first-order chi connectivity index (χ1) is 9.61. The molecule has 2 rings (SSSR count). The lowest BCUT2D eigenvalue weighted by atomic mass is 10.0. The Morgan fingerprint density at radius 2 is 2.35 bits per heavy atom. The molecule has 1 aromatic rings. The van der Waals surface area contributed by atoms with Crippen molar-refractivity contribution in [1.82, 2.24) is 9.97 Å². The van der Waals surface area contributed by atoms with Gasteiger partial charge < -0.3 is 10.0 Å². The Labute approximate surface area is 118 Å². The summed E-state index contributed by atoms with van der Waals surface area (Å²) in [6.45, 7) is 2.49. The third kappa shape index (κ3) is 3.55. The molecule has 2 unspecified atom stereocenters. The van der Waals surface area contributed by atoms with Gasteiger partial charge in [-0.15, -0.1) is 0 Å². The largest absolute Gasteiger partial charge is 0.393 e. The van der Waals surface area contributed by atoms with Gasteiger partial charge in [0.15, 0.2) is 11.6 Å². The van der Waals surface area contributed by atoms with Gasteiger partial charge in [0.2, 0.25) is 5.95 Å². The molecule has 1 fully saturated rings. The summed E-state index contributed by atoms with van der Waals surface area (Å²) in [5.74, 6) is 5.29. The van der Waals surface area contributed by atoms with E-state index in [0.717, 1.165) is 38.4 Å². The van der Waals surface area contributed by atoms with Crippen LogP contribution in [0.15, 0.2) is 6.20 Å². The number of aromatic nitrogens is 2. The predicted octanol–water partition coefficient (Wildman–Crippen LogP) is 1.42. The molecule has 2 atom stereocenters. The molecule has 0 bridgehead atoms. The number of hydrazine groups is 1. The van der Waals surface area contributed by atoms with Crippen molar-refractivity contribution in [2.24, 2.45) is 5.84 Å². The minimum Gasteiger partial charge on any atom is -0.393 e. The molecular weight excluding hydrogens is 261 g/mol. The summed E-state index contributed by atoms with van der Waals surface area (Å²) < 4.78 is 14.0. The Bertz CT molecular complexity index is 443. The number of aliphatic hydroxyl groups is 1. The molecule has 7 heteroatoms. The van der Waals surface area contributed by atoms with Gasteiger partial charge in [0.25, 0.3) is 0 Å². The van der Waals surface area contributed by atoms with Crippen molar-refractivity contribution in [2.75, 3.05) is 16.9 Å². The van der Waals surface area contributed by atoms with Gasteiger partial charge in [0.05, 0.1) is 12.3 Å². The number of hydrogen-bond donors (Lipinski definition) is 3. The first kappa shape index (κ1) is 14.9. The fourth-order valence-corrected chi connectivity index (χ4v) is 2.72. The predicted molar refractivity (Wildman–Crippen MR) is 75.7 cm³/mol. The van der Waals surface area contributed by atoms with Crippen LogP contribution in [0.1, 0.15) is 39.0 Å². The maximum atomic E-state index is 14.0. The highest BCUT2D eigenvalue weighted by molar-refractivity contribution is 5.44. The van der Waals surface area contributed by atoms with E-state index in [0.29, 0.717) is 6.42 Å². The second kappa shape index (κ2) is 6.81. The molecule has 0 radical (unpaired) electrons. The maximum absolute atomic E-state index is 14.0. The van der Waals surface area contributed by atoms with Crippen LogP contribution in [0, 0.1) is 5.82 Å². The van der Waals surface area contributed by atoms with E-state index in [1.807, 2.05) is 4.90 Å². The Balaban J connectivity index is 2.29.